The molecule has 1 atom stereocenters. The average molecular weight is 351 g/mol. The molecule has 1 heterocycles. The number of nitrogen functional groups attached to an aromatic ring is 1. The molecule has 2 aromatic carbocycles. The van der Waals surface area contributed by atoms with E-state index in [9.17, 15) is 0 Å². The summed E-state index contributed by atoms with van der Waals surface area (Å²) in [4.78, 5) is 4.38. The van der Waals surface area contributed by atoms with Gasteiger partial charge in [-0.25, -0.2) is 4.98 Å². The van der Waals surface area contributed by atoms with E-state index in [-0.39, 0.29) is 6.04 Å². The Morgan fingerprint density at radius 1 is 1.25 bits per heavy atom. The highest BCUT2D eigenvalue weighted by atomic mass is 79.9. The molecule has 0 aliphatic rings. The third-order valence-electron chi connectivity index (χ3n) is 3.42. The highest BCUT2D eigenvalue weighted by molar-refractivity contribution is 9.10. The minimum absolute atomic E-state index is 0.0796. The van der Waals surface area contributed by atoms with E-state index >= 15 is 0 Å². The Labute approximate surface area is 130 Å². The van der Waals surface area contributed by atoms with Gasteiger partial charge in [0.1, 0.15) is 5.52 Å². The number of aromatic nitrogens is 2. The molecule has 0 bridgehead atoms. The molecule has 0 aliphatic heterocycles. The molecular formula is C15H13BrClN3. The highest BCUT2D eigenvalue weighted by Gasteiger charge is 2.17. The Hall–Kier alpha value is -1.52. The number of nitrogens with zero attached hydrogens (tertiary/aromatic N) is 2. The van der Waals surface area contributed by atoms with E-state index < -0.39 is 0 Å². The summed E-state index contributed by atoms with van der Waals surface area (Å²) in [6.45, 7) is 2.10. The zero-order valence-corrected chi connectivity index (χ0v) is 13.2. The first-order valence-corrected chi connectivity index (χ1v) is 7.42. The lowest BCUT2D eigenvalue weighted by Crippen LogP contribution is -2.10. The molecule has 0 fully saturated rings. The van der Waals surface area contributed by atoms with Crippen LogP contribution in [0.4, 0.5) is 5.95 Å². The molecule has 0 saturated heterocycles. The molecule has 1 aromatic heterocycles. The number of halogens is 2. The van der Waals surface area contributed by atoms with E-state index in [0.717, 1.165) is 21.1 Å². The number of rotatable bonds is 2. The van der Waals surface area contributed by atoms with E-state index in [4.69, 9.17) is 17.3 Å². The van der Waals surface area contributed by atoms with Crippen molar-refractivity contribution in [3.63, 3.8) is 0 Å². The minimum atomic E-state index is 0.0796. The number of anilines is 1. The van der Waals surface area contributed by atoms with Crippen LogP contribution < -0.4 is 5.73 Å². The van der Waals surface area contributed by atoms with Crippen molar-refractivity contribution in [3.05, 3.63) is 57.5 Å². The largest absolute Gasteiger partial charge is 0.369 e. The fraction of sp³-hybridized carbons (Fsp3) is 0.133. The summed E-state index contributed by atoms with van der Waals surface area (Å²) in [5.41, 5.74) is 8.93. The van der Waals surface area contributed by atoms with E-state index in [1.807, 2.05) is 34.9 Å². The summed E-state index contributed by atoms with van der Waals surface area (Å²) >= 11 is 9.68. The smallest absolute Gasteiger partial charge is 0.201 e. The van der Waals surface area contributed by atoms with Gasteiger partial charge < -0.3 is 10.3 Å². The molecule has 3 rings (SSSR count). The fourth-order valence-corrected chi connectivity index (χ4v) is 3.05. The van der Waals surface area contributed by atoms with Gasteiger partial charge in [0.15, 0.2) is 0 Å². The van der Waals surface area contributed by atoms with Crippen molar-refractivity contribution in [2.24, 2.45) is 0 Å². The SMILES string of the molecule is CC(c1cccc(Br)c1)n1c(N)nc2c(Cl)cccc21. The number of para-hydroxylation sites is 1. The Morgan fingerprint density at radius 3 is 2.75 bits per heavy atom. The molecule has 1 unspecified atom stereocenters. The zero-order valence-electron chi connectivity index (χ0n) is 10.8. The summed E-state index contributed by atoms with van der Waals surface area (Å²) in [6, 6.07) is 14.0. The standard InChI is InChI=1S/C15H13BrClN3/c1-9(10-4-2-5-11(16)8-10)20-13-7-3-6-12(17)14(13)19-15(20)18/h2-9H,1H3,(H2,18,19). The maximum absolute atomic E-state index is 6.18. The van der Waals surface area contributed by atoms with Crippen LogP contribution in [-0.4, -0.2) is 9.55 Å². The molecule has 0 aliphatic carbocycles. The van der Waals surface area contributed by atoms with Gasteiger partial charge >= 0.3 is 0 Å². The predicted octanol–water partition coefficient (Wildman–Crippen LogP) is 4.64. The molecule has 2 N–H and O–H groups in total. The van der Waals surface area contributed by atoms with Crippen molar-refractivity contribution in [1.82, 2.24) is 9.55 Å². The second-order valence-corrected chi connectivity index (χ2v) is 6.00. The lowest BCUT2D eigenvalue weighted by molar-refractivity contribution is 0.667. The summed E-state index contributed by atoms with van der Waals surface area (Å²) in [5, 5.41) is 0.620. The fourth-order valence-electron chi connectivity index (χ4n) is 2.42. The van der Waals surface area contributed by atoms with Crippen LogP contribution >= 0.6 is 27.5 Å². The van der Waals surface area contributed by atoms with Gasteiger partial charge in [-0.3, -0.25) is 0 Å². The van der Waals surface area contributed by atoms with Gasteiger partial charge in [-0.05, 0) is 36.8 Å². The Balaban J connectivity index is 2.19. The number of benzene rings is 2. The maximum Gasteiger partial charge on any atom is 0.201 e. The lowest BCUT2D eigenvalue weighted by atomic mass is 10.1. The molecule has 0 spiro atoms. The van der Waals surface area contributed by atoms with Gasteiger partial charge in [0.05, 0.1) is 16.6 Å². The van der Waals surface area contributed by atoms with Gasteiger partial charge in [-0.15, -0.1) is 0 Å². The van der Waals surface area contributed by atoms with Crippen molar-refractivity contribution in [2.45, 2.75) is 13.0 Å². The number of fused-ring (bicyclic) bond motifs is 1. The summed E-state index contributed by atoms with van der Waals surface area (Å²) < 4.78 is 3.05. The van der Waals surface area contributed by atoms with E-state index in [2.05, 4.69) is 40.0 Å². The van der Waals surface area contributed by atoms with Crippen molar-refractivity contribution in [3.8, 4) is 0 Å². The second kappa shape index (κ2) is 5.11. The monoisotopic (exact) mass is 349 g/mol. The molecule has 0 amide bonds. The molecule has 3 nitrogen and oxygen atoms in total. The molecule has 0 saturated carbocycles. The van der Waals surface area contributed by atoms with Crippen molar-refractivity contribution in [1.29, 1.82) is 0 Å². The van der Waals surface area contributed by atoms with Crippen LogP contribution in [0.5, 0.6) is 0 Å². The molecule has 20 heavy (non-hydrogen) atoms. The first-order chi connectivity index (χ1) is 9.58. The minimum Gasteiger partial charge on any atom is -0.369 e. The van der Waals surface area contributed by atoms with Crippen LogP contribution in [0.25, 0.3) is 11.0 Å². The van der Waals surface area contributed by atoms with E-state index in [0.29, 0.717) is 11.0 Å². The van der Waals surface area contributed by atoms with Gasteiger partial charge in [-0.2, -0.15) is 0 Å². The first-order valence-electron chi connectivity index (χ1n) is 6.25. The maximum atomic E-state index is 6.18. The first kappa shape index (κ1) is 13.5. The Kier molecular flexibility index (Phi) is 3.44. The third kappa shape index (κ3) is 2.19. The normalized spacial score (nSPS) is 12.8. The summed E-state index contributed by atoms with van der Waals surface area (Å²) in [6.07, 6.45) is 0. The molecule has 102 valence electrons. The number of hydrogen-bond acceptors (Lipinski definition) is 2. The number of nitrogens with two attached hydrogens (primary N) is 1. The van der Waals surface area contributed by atoms with Crippen molar-refractivity contribution < 1.29 is 0 Å². The highest BCUT2D eigenvalue weighted by Crippen LogP contribution is 2.31. The number of imidazole rings is 1. The predicted molar refractivity (Wildman–Crippen MR) is 87.1 cm³/mol. The van der Waals surface area contributed by atoms with Crippen LogP contribution in [0.2, 0.25) is 5.02 Å². The van der Waals surface area contributed by atoms with Crippen molar-refractivity contribution in [2.75, 3.05) is 5.73 Å². The molecular weight excluding hydrogens is 338 g/mol. The van der Waals surface area contributed by atoms with Crippen molar-refractivity contribution >= 4 is 44.5 Å². The zero-order chi connectivity index (χ0) is 14.3. The second-order valence-electron chi connectivity index (χ2n) is 4.68. The van der Waals surface area contributed by atoms with Crippen LogP contribution in [0.1, 0.15) is 18.5 Å². The molecule has 5 heteroatoms. The van der Waals surface area contributed by atoms with Gasteiger partial charge in [0.2, 0.25) is 5.95 Å². The topological polar surface area (TPSA) is 43.8 Å². The van der Waals surface area contributed by atoms with Gasteiger partial charge in [-0.1, -0.05) is 45.7 Å². The number of hydrogen-bond donors (Lipinski definition) is 1. The summed E-state index contributed by atoms with van der Waals surface area (Å²) in [5.74, 6) is 0.473. The van der Waals surface area contributed by atoms with Crippen LogP contribution in [0, 0.1) is 0 Å². The Morgan fingerprint density at radius 2 is 2.00 bits per heavy atom. The quantitative estimate of drug-likeness (QED) is 0.731. The lowest BCUT2D eigenvalue weighted by Gasteiger charge is -2.16. The Bertz CT molecular complexity index is 782. The van der Waals surface area contributed by atoms with Crippen LogP contribution in [-0.2, 0) is 0 Å². The van der Waals surface area contributed by atoms with E-state index in [1.54, 1.807) is 0 Å². The third-order valence-corrected chi connectivity index (χ3v) is 4.21. The van der Waals surface area contributed by atoms with Crippen LogP contribution in [0.3, 0.4) is 0 Å². The summed E-state index contributed by atoms with van der Waals surface area (Å²) in [7, 11) is 0. The van der Waals surface area contributed by atoms with E-state index in [1.165, 1.54) is 0 Å². The average Bonchev–Trinajstić information content (AvgIpc) is 2.76. The van der Waals surface area contributed by atoms with Crippen LogP contribution in [0.15, 0.2) is 46.9 Å². The van der Waals surface area contributed by atoms with Gasteiger partial charge in [0, 0.05) is 4.47 Å². The molecule has 0 radical (unpaired) electrons. The van der Waals surface area contributed by atoms with Gasteiger partial charge in [0.25, 0.3) is 0 Å². The molecule has 3 aromatic rings.